The number of rotatable bonds is 7. The molecule has 0 N–H and O–H groups in total. The molecule has 1 aliphatic heterocycles. The molecule has 0 amide bonds. The minimum atomic E-state index is -0.720. The molecule has 10 heteroatoms. The summed E-state index contributed by atoms with van der Waals surface area (Å²) in [5.74, 6) is 1.34. The third-order valence-electron chi connectivity index (χ3n) is 5.74. The topological polar surface area (TPSA) is 88.4 Å². The SMILES string of the molecule is CCOC(=O)C1=C(C)N=c2s/c(=C/c3ccc(OC)cc3OC)c(=O)n2[C@H]1c1ccc(OC)c(Br)c1. The molecule has 0 saturated heterocycles. The molecule has 0 unspecified atom stereocenters. The summed E-state index contributed by atoms with van der Waals surface area (Å²) in [6, 6.07) is 10.1. The Bertz CT molecular complexity index is 1540. The number of esters is 1. The summed E-state index contributed by atoms with van der Waals surface area (Å²) >= 11 is 4.76. The molecule has 0 radical (unpaired) electrons. The van der Waals surface area contributed by atoms with E-state index in [4.69, 9.17) is 18.9 Å². The maximum absolute atomic E-state index is 13.8. The van der Waals surface area contributed by atoms with Crippen molar-refractivity contribution in [2.45, 2.75) is 19.9 Å². The third kappa shape index (κ3) is 4.70. The van der Waals surface area contributed by atoms with Gasteiger partial charge in [-0.1, -0.05) is 17.4 Å². The summed E-state index contributed by atoms with van der Waals surface area (Å²) in [7, 11) is 4.71. The monoisotopic (exact) mass is 572 g/mol. The van der Waals surface area contributed by atoms with Crippen molar-refractivity contribution in [3.05, 3.63) is 83.0 Å². The molecule has 188 valence electrons. The lowest BCUT2D eigenvalue weighted by Gasteiger charge is -2.25. The summed E-state index contributed by atoms with van der Waals surface area (Å²) in [4.78, 5) is 31.9. The van der Waals surface area contributed by atoms with Gasteiger partial charge in [0.25, 0.3) is 5.56 Å². The molecule has 3 aromatic rings. The zero-order valence-electron chi connectivity index (χ0n) is 20.5. The first-order chi connectivity index (χ1) is 17.3. The van der Waals surface area contributed by atoms with Gasteiger partial charge in [0.2, 0.25) is 0 Å². The second-order valence-corrected chi connectivity index (χ2v) is 9.67. The van der Waals surface area contributed by atoms with Crippen molar-refractivity contribution in [1.29, 1.82) is 0 Å². The van der Waals surface area contributed by atoms with Crippen LogP contribution in [0.4, 0.5) is 0 Å². The molecule has 2 heterocycles. The van der Waals surface area contributed by atoms with E-state index in [0.717, 1.165) is 5.56 Å². The largest absolute Gasteiger partial charge is 0.497 e. The van der Waals surface area contributed by atoms with E-state index in [2.05, 4.69) is 20.9 Å². The summed E-state index contributed by atoms with van der Waals surface area (Å²) in [6.07, 6.45) is 1.76. The van der Waals surface area contributed by atoms with E-state index in [1.165, 1.54) is 11.3 Å². The van der Waals surface area contributed by atoms with Crippen LogP contribution in [-0.4, -0.2) is 38.5 Å². The number of aromatic nitrogens is 1. The maximum Gasteiger partial charge on any atom is 0.338 e. The summed E-state index contributed by atoms with van der Waals surface area (Å²) in [5, 5.41) is 0. The smallest absolute Gasteiger partial charge is 0.338 e. The highest BCUT2D eigenvalue weighted by Gasteiger charge is 2.33. The van der Waals surface area contributed by atoms with Crippen molar-refractivity contribution in [2.75, 3.05) is 27.9 Å². The number of hydrogen-bond acceptors (Lipinski definition) is 8. The third-order valence-corrected chi connectivity index (χ3v) is 7.34. The van der Waals surface area contributed by atoms with Gasteiger partial charge >= 0.3 is 5.97 Å². The zero-order chi connectivity index (χ0) is 26.0. The molecule has 0 spiro atoms. The predicted molar refractivity (Wildman–Crippen MR) is 141 cm³/mol. The number of hydrogen-bond donors (Lipinski definition) is 0. The Balaban J connectivity index is 1.96. The second-order valence-electron chi connectivity index (χ2n) is 7.80. The van der Waals surface area contributed by atoms with Gasteiger partial charge in [0, 0.05) is 11.6 Å². The van der Waals surface area contributed by atoms with Crippen molar-refractivity contribution in [2.24, 2.45) is 4.99 Å². The van der Waals surface area contributed by atoms with Gasteiger partial charge in [-0.3, -0.25) is 9.36 Å². The molecule has 1 aliphatic rings. The van der Waals surface area contributed by atoms with Crippen LogP contribution >= 0.6 is 27.3 Å². The maximum atomic E-state index is 13.8. The quantitative estimate of drug-likeness (QED) is 0.402. The van der Waals surface area contributed by atoms with E-state index >= 15 is 0 Å². The van der Waals surface area contributed by atoms with Crippen molar-refractivity contribution < 1.29 is 23.7 Å². The van der Waals surface area contributed by atoms with Gasteiger partial charge in [-0.2, -0.15) is 0 Å². The lowest BCUT2D eigenvalue weighted by Crippen LogP contribution is -2.40. The normalized spacial score (nSPS) is 15.3. The minimum Gasteiger partial charge on any atom is -0.497 e. The molecule has 0 bridgehead atoms. The molecule has 0 fully saturated rings. The summed E-state index contributed by atoms with van der Waals surface area (Å²) in [5.41, 5.74) is 1.97. The fraction of sp³-hybridized carbons (Fsp3) is 0.269. The summed E-state index contributed by atoms with van der Waals surface area (Å²) in [6.45, 7) is 3.70. The molecule has 8 nitrogen and oxygen atoms in total. The number of benzene rings is 2. The lowest BCUT2D eigenvalue weighted by atomic mass is 9.96. The Labute approximate surface area is 220 Å². The van der Waals surface area contributed by atoms with Crippen LogP contribution in [0.2, 0.25) is 0 Å². The molecule has 0 aliphatic carbocycles. The van der Waals surface area contributed by atoms with Crippen LogP contribution in [0, 0.1) is 0 Å². The summed E-state index contributed by atoms with van der Waals surface area (Å²) < 4.78 is 24.2. The Morgan fingerprint density at radius 3 is 2.50 bits per heavy atom. The number of nitrogens with zero attached hydrogens (tertiary/aromatic N) is 2. The highest BCUT2D eigenvalue weighted by molar-refractivity contribution is 9.10. The van der Waals surface area contributed by atoms with E-state index in [1.54, 1.807) is 64.0 Å². The number of fused-ring (bicyclic) bond motifs is 1. The highest BCUT2D eigenvalue weighted by Crippen LogP contribution is 2.35. The number of thiazole rings is 1. The standard InChI is InChI=1S/C26H25BrN2O6S/c1-6-35-25(31)22-14(2)28-26-29(23(22)16-8-10-19(33-4)18(27)11-16)24(30)21(36-26)12-15-7-9-17(32-3)13-20(15)34-5/h7-13,23H,6H2,1-5H3/b21-12+/t23-/m0/s1. The lowest BCUT2D eigenvalue weighted by molar-refractivity contribution is -0.139. The molecular formula is C26H25BrN2O6S. The first-order valence-corrected chi connectivity index (χ1v) is 12.7. The van der Waals surface area contributed by atoms with Crippen molar-refractivity contribution >= 4 is 39.3 Å². The van der Waals surface area contributed by atoms with Crippen molar-refractivity contribution in [3.63, 3.8) is 0 Å². The number of carbonyl (C=O) groups is 1. The highest BCUT2D eigenvalue weighted by atomic mass is 79.9. The zero-order valence-corrected chi connectivity index (χ0v) is 22.9. The first-order valence-electron chi connectivity index (χ1n) is 11.1. The van der Waals surface area contributed by atoms with E-state index in [-0.39, 0.29) is 12.2 Å². The van der Waals surface area contributed by atoms with Gasteiger partial charge in [-0.25, -0.2) is 9.79 Å². The van der Waals surface area contributed by atoms with E-state index in [0.29, 0.717) is 47.9 Å². The van der Waals surface area contributed by atoms with Gasteiger partial charge in [-0.05, 0) is 65.7 Å². The number of methoxy groups -OCH3 is 3. The average molecular weight is 573 g/mol. The van der Waals surface area contributed by atoms with Gasteiger partial charge in [0.1, 0.15) is 17.2 Å². The van der Waals surface area contributed by atoms with Crippen LogP contribution in [0.3, 0.4) is 0 Å². The Hall–Kier alpha value is -3.37. The second kappa shape index (κ2) is 10.7. The van der Waals surface area contributed by atoms with Gasteiger partial charge in [0.05, 0.1) is 54.3 Å². The fourth-order valence-electron chi connectivity index (χ4n) is 4.04. The van der Waals surface area contributed by atoms with Crippen LogP contribution < -0.4 is 29.1 Å². The van der Waals surface area contributed by atoms with Gasteiger partial charge in [-0.15, -0.1) is 0 Å². The Kier molecular flexibility index (Phi) is 7.65. The van der Waals surface area contributed by atoms with E-state index in [1.807, 2.05) is 18.2 Å². The molecule has 1 aromatic heterocycles. The van der Waals surface area contributed by atoms with Crippen molar-refractivity contribution in [3.8, 4) is 17.2 Å². The Morgan fingerprint density at radius 2 is 1.86 bits per heavy atom. The van der Waals surface area contributed by atoms with Crippen LogP contribution in [-0.2, 0) is 9.53 Å². The van der Waals surface area contributed by atoms with E-state index < -0.39 is 12.0 Å². The number of allylic oxidation sites excluding steroid dienone is 1. The fourth-order valence-corrected chi connectivity index (χ4v) is 5.63. The number of halogens is 1. The molecular weight excluding hydrogens is 548 g/mol. The number of carbonyl (C=O) groups excluding carboxylic acids is 1. The number of ether oxygens (including phenoxy) is 4. The van der Waals surface area contributed by atoms with E-state index in [9.17, 15) is 9.59 Å². The molecule has 4 rings (SSSR count). The average Bonchev–Trinajstić information content (AvgIpc) is 3.17. The predicted octanol–water partition coefficient (Wildman–Crippen LogP) is 3.59. The Morgan fingerprint density at radius 1 is 1.11 bits per heavy atom. The molecule has 36 heavy (non-hydrogen) atoms. The van der Waals surface area contributed by atoms with Crippen LogP contribution in [0.5, 0.6) is 17.2 Å². The first kappa shape index (κ1) is 25.7. The molecule has 2 aromatic carbocycles. The van der Waals surface area contributed by atoms with Gasteiger partial charge in [0.15, 0.2) is 4.80 Å². The molecule has 0 saturated carbocycles. The van der Waals surface area contributed by atoms with Crippen LogP contribution in [0.25, 0.3) is 6.08 Å². The van der Waals surface area contributed by atoms with Crippen molar-refractivity contribution in [1.82, 2.24) is 4.57 Å². The van der Waals surface area contributed by atoms with Gasteiger partial charge < -0.3 is 18.9 Å². The van der Waals surface area contributed by atoms with Crippen LogP contribution in [0.15, 0.2) is 61.9 Å². The van der Waals surface area contributed by atoms with Crippen LogP contribution in [0.1, 0.15) is 31.0 Å². The molecule has 1 atom stereocenters. The minimum absolute atomic E-state index is 0.205.